The minimum Gasteiger partial charge on any atom is -0.465 e. The van der Waals surface area contributed by atoms with Crippen molar-refractivity contribution in [2.24, 2.45) is 0 Å². The maximum Gasteiger partial charge on any atom is 0.408 e. The molecule has 2 aliphatic heterocycles. The van der Waals surface area contributed by atoms with Gasteiger partial charge < -0.3 is 88.2 Å². The second kappa shape index (κ2) is 32.6. The predicted octanol–water partition coefficient (Wildman–Crippen LogP) is 0.141. The summed E-state index contributed by atoms with van der Waals surface area (Å²) >= 11 is 17.3. The van der Waals surface area contributed by atoms with Crippen molar-refractivity contribution in [3.8, 4) is 0 Å². The van der Waals surface area contributed by atoms with Gasteiger partial charge in [-0.2, -0.15) is 0 Å². The molecular formula is C48H64Cl3N5O25. The van der Waals surface area contributed by atoms with Gasteiger partial charge in [0.05, 0.1) is 32.8 Å². The van der Waals surface area contributed by atoms with Gasteiger partial charge in [-0.15, -0.1) is 0 Å². The van der Waals surface area contributed by atoms with Crippen LogP contribution in [0.2, 0.25) is 0 Å². The molecule has 81 heavy (non-hydrogen) atoms. The second-order valence-electron chi connectivity index (χ2n) is 17.7. The number of hydrogen-bond acceptors (Lipinski definition) is 25. The standard InChI is InChI=1S/C48H64Cl3N5O25/c1-23(57)54-36-33(75-26(4)60)17-47(44(66)69-9,81-41(36)39(78-29(7)63)34(76-27(5)61)20-70-25(3)59)74-21-35-38(77-28(6)62)40(79-30(8)64)37(55-24(2)58)43(80-35)71-19-32(56-46(68)73-22-48(49,50)51)42(65)52-15-16-53-45(67)72-18-31-13-11-10-12-14-31/h10-14,32-41,43H,15-22H2,1-9H3,(H,52,65)(H,53,67)(H,54,57)(H,55,58)(H,56,68)/t32-,33-,34+,35+,36+,37+,38-,39+,40+,41+,43-,47+/m0/s1. The van der Waals surface area contributed by atoms with E-state index in [0.717, 1.165) is 62.5 Å². The highest BCUT2D eigenvalue weighted by molar-refractivity contribution is 6.67. The molecule has 0 saturated carbocycles. The summed E-state index contributed by atoms with van der Waals surface area (Å²) in [6.07, 6.45) is -17.9. The maximum absolute atomic E-state index is 14.3. The molecule has 0 radical (unpaired) electrons. The number of amides is 5. The Labute approximate surface area is 478 Å². The van der Waals surface area contributed by atoms with Crippen molar-refractivity contribution < 1.29 is 119 Å². The largest absolute Gasteiger partial charge is 0.465 e. The van der Waals surface area contributed by atoms with Gasteiger partial charge in [0.25, 0.3) is 5.79 Å². The Morgan fingerprint density at radius 2 is 1.27 bits per heavy atom. The molecule has 0 aliphatic carbocycles. The van der Waals surface area contributed by atoms with Crippen LogP contribution >= 0.6 is 34.8 Å². The number of ether oxygens (including phenoxy) is 13. The Morgan fingerprint density at radius 3 is 1.83 bits per heavy atom. The highest BCUT2D eigenvalue weighted by atomic mass is 35.6. The molecule has 1 aromatic rings. The van der Waals surface area contributed by atoms with Crippen LogP contribution in [0.3, 0.4) is 0 Å². The summed E-state index contributed by atoms with van der Waals surface area (Å²) in [5, 5.41) is 12.1. The van der Waals surface area contributed by atoms with Crippen molar-refractivity contribution in [2.45, 2.75) is 145 Å². The quantitative estimate of drug-likeness (QED) is 0.0356. The fourth-order valence-corrected chi connectivity index (χ4v) is 8.11. The lowest BCUT2D eigenvalue weighted by Gasteiger charge is -2.49. The van der Waals surface area contributed by atoms with E-state index in [0.29, 0.717) is 5.56 Å². The SMILES string of the molecule is COC(=O)[C@@]1(OC[C@H]2O[C@H](OC[C@H](NC(=O)OCC(Cl)(Cl)Cl)C(=O)NCCNC(=O)OCc3ccccc3)[C@H](NC(C)=O)[C@@H](OC(C)=O)[C@H]2OC(C)=O)C[C@H](OC(C)=O)[C@@H](NC(C)=O)[C@H]([C@H](OC(C)=O)[C@@H](COC(C)=O)OC(C)=O)O1. The summed E-state index contributed by atoms with van der Waals surface area (Å²) in [6, 6.07) is 3.65. The van der Waals surface area contributed by atoms with E-state index in [9.17, 15) is 57.5 Å². The van der Waals surface area contributed by atoms with Gasteiger partial charge in [-0.1, -0.05) is 65.1 Å². The van der Waals surface area contributed by atoms with E-state index in [-0.39, 0.29) is 19.7 Å². The van der Waals surface area contributed by atoms with E-state index in [1.54, 1.807) is 30.3 Å². The van der Waals surface area contributed by atoms with E-state index in [1.807, 2.05) is 0 Å². The van der Waals surface area contributed by atoms with Crippen LogP contribution in [0.15, 0.2) is 30.3 Å². The number of benzene rings is 1. The Hall–Kier alpha value is -6.83. The fraction of sp³-hybridized carbons (Fsp3) is 0.625. The highest BCUT2D eigenvalue weighted by Gasteiger charge is 2.60. The van der Waals surface area contributed by atoms with Crippen LogP contribution in [0.5, 0.6) is 0 Å². The van der Waals surface area contributed by atoms with E-state index in [4.69, 9.17) is 96.4 Å². The van der Waals surface area contributed by atoms with Gasteiger partial charge in [-0.3, -0.25) is 43.2 Å². The van der Waals surface area contributed by atoms with Crippen LogP contribution in [-0.2, 0) is 116 Å². The second-order valence-corrected chi connectivity index (χ2v) is 20.2. The molecule has 0 unspecified atom stereocenters. The van der Waals surface area contributed by atoms with Gasteiger partial charge in [0.1, 0.15) is 50.2 Å². The molecular weight excluding hydrogens is 1150 g/mol. The lowest BCUT2D eigenvalue weighted by molar-refractivity contribution is -0.333. The first kappa shape index (κ1) is 68.4. The van der Waals surface area contributed by atoms with E-state index in [1.165, 1.54) is 0 Å². The van der Waals surface area contributed by atoms with E-state index < -0.39 is 181 Å². The zero-order valence-corrected chi connectivity index (χ0v) is 47.5. The number of rotatable bonds is 26. The molecule has 2 fully saturated rings. The number of carbonyl (C=O) groups is 12. The molecule has 0 aromatic heterocycles. The molecule has 0 bridgehead atoms. The van der Waals surface area contributed by atoms with Crippen LogP contribution in [0, 0.1) is 0 Å². The topological polar surface area (TPSA) is 385 Å². The monoisotopic (exact) mass is 1220 g/mol. The average molecular weight is 1220 g/mol. The van der Waals surface area contributed by atoms with Gasteiger partial charge in [0.15, 0.2) is 30.7 Å². The number of alkyl halides is 3. The molecule has 2 saturated heterocycles. The van der Waals surface area contributed by atoms with Crippen molar-refractivity contribution in [2.75, 3.05) is 46.6 Å². The molecule has 3 rings (SSSR count). The van der Waals surface area contributed by atoms with Gasteiger partial charge >= 0.3 is 54.0 Å². The summed E-state index contributed by atoms with van der Waals surface area (Å²) in [5.41, 5.74) is 0.696. The number of alkyl carbamates (subject to hydrolysis) is 2. The van der Waals surface area contributed by atoms with Gasteiger partial charge in [0, 0.05) is 68.5 Å². The van der Waals surface area contributed by atoms with Crippen molar-refractivity contribution >= 4 is 106 Å². The summed E-state index contributed by atoms with van der Waals surface area (Å²) in [5.74, 6) is -13.0. The molecule has 0 spiro atoms. The molecule has 5 amide bonds. The minimum absolute atomic E-state index is 0.0662. The average Bonchev–Trinajstić information content (AvgIpc) is 3.36. The van der Waals surface area contributed by atoms with Gasteiger partial charge in [-0.05, 0) is 5.56 Å². The van der Waals surface area contributed by atoms with E-state index in [2.05, 4.69) is 26.6 Å². The van der Waals surface area contributed by atoms with Gasteiger partial charge in [0.2, 0.25) is 21.5 Å². The fourth-order valence-electron chi connectivity index (χ4n) is 7.95. The Morgan fingerprint density at radius 1 is 0.679 bits per heavy atom. The number of hydrogen-bond donors (Lipinski definition) is 5. The Bertz CT molecular complexity index is 2400. The number of halogens is 3. The van der Waals surface area contributed by atoms with Crippen LogP contribution in [0.4, 0.5) is 9.59 Å². The molecule has 12 atom stereocenters. The van der Waals surface area contributed by atoms with Gasteiger partial charge in [-0.25, -0.2) is 14.4 Å². The van der Waals surface area contributed by atoms with Crippen molar-refractivity contribution in [3.63, 3.8) is 0 Å². The van der Waals surface area contributed by atoms with Crippen LogP contribution in [0.1, 0.15) is 67.4 Å². The van der Waals surface area contributed by atoms with Crippen molar-refractivity contribution in [1.29, 1.82) is 0 Å². The third kappa shape index (κ3) is 23.7. The van der Waals surface area contributed by atoms with Crippen LogP contribution in [0.25, 0.3) is 0 Å². The minimum atomic E-state index is -2.89. The van der Waals surface area contributed by atoms with Crippen LogP contribution < -0.4 is 26.6 Å². The normalized spacial score (nSPS) is 23.4. The smallest absolute Gasteiger partial charge is 0.408 e. The molecule has 30 nitrogen and oxygen atoms in total. The third-order valence-electron chi connectivity index (χ3n) is 10.9. The number of methoxy groups -OCH3 is 1. The molecule has 33 heteroatoms. The lowest BCUT2D eigenvalue weighted by Crippen LogP contribution is -2.70. The molecule has 5 N–H and O–H groups in total. The first-order valence-electron chi connectivity index (χ1n) is 24.4. The first-order chi connectivity index (χ1) is 37.9. The maximum atomic E-state index is 14.3. The third-order valence-corrected chi connectivity index (χ3v) is 11.2. The highest BCUT2D eigenvalue weighted by Crippen LogP contribution is 2.39. The lowest BCUT2D eigenvalue weighted by atomic mass is 9.87. The molecule has 2 heterocycles. The predicted molar refractivity (Wildman–Crippen MR) is 271 cm³/mol. The Kier molecular flexibility index (Phi) is 27.5. The van der Waals surface area contributed by atoms with Crippen molar-refractivity contribution in [3.05, 3.63) is 35.9 Å². The summed E-state index contributed by atoms with van der Waals surface area (Å²) < 4.78 is 70.9. The summed E-state index contributed by atoms with van der Waals surface area (Å²) in [4.78, 5) is 155. The van der Waals surface area contributed by atoms with Crippen LogP contribution in [-0.4, -0.2) is 195 Å². The molecule has 2 aliphatic rings. The number of esters is 7. The number of carbonyl (C=O) groups excluding carboxylic acids is 12. The summed E-state index contributed by atoms with van der Waals surface area (Å²) in [7, 11) is 0.876. The first-order valence-corrected chi connectivity index (χ1v) is 25.5. The molecule has 452 valence electrons. The summed E-state index contributed by atoms with van der Waals surface area (Å²) in [6.45, 7) is 3.66. The van der Waals surface area contributed by atoms with E-state index >= 15 is 0 Å². The number of nitrogens with one attached hydrogen (secondary N) is 5. The van der Waals surface area contributed by atoms with Crippen molar-refractivity contribution in [1.82, 2.24) is 26.6 Å². The molecule has 1 aromatic carbocycles. The Balaban J connectivity index is 2.16. The zero-order valence-electron chi connectivity index (χ0n) is 45.2. The zero-order chi connectivity index (χ0) is 60.8.